The maximum atomic E-state index is 11.2. The fourth-order valence-electron chi connectivity index (χ4n) is 1.27. The van der Waals surface area contributed by atoms with Gasteiger partial charge in [0.1, 0.15) is 5.02 Å². The molecular weight excluding hydrogens is 202 g/mol. The van der Waals surface area contributed by atoms with Crippen molar-refractivity contribution in [2.24, 2.45) is 5.92 Å². The molecule has 0 fully saturated rings. The number of halogens is 1. The van der Waals surface area contributed by atoms with Gasteiger partial charge in [-0.1, -0.05) is 25.4 Å². The first kappa shape index (κ1) is 11.0. The van der Waals surface area contributed by atoms with Gasteiger partial charge in [0.2, 0.25) is 0 Å². The molecule has 1 rings (SSSR count). The maximum absolute atomic E-state index is 11.2. The molecule has 0 aliphatic heterocycles. The van der Waals surface area contributed by atoms with Crippen LogP contribution in [0.1, 0.15) is 13.8 Å². The average Bonchev–Trinajstić information content (AvgIpc) is 2.08. The quantitative estimate of drug-likeness (QED) is 0.832. The minimum absolute atomic E-state index is 0.149. The number of aromatic nitrogens is 2. The van der Waals surface area contributed by atoms with Crippen LogP contribution in [0.15, 0.2) is 11.1 Å². The highest BCUT2D eigenvalue weighted by atomic mass is 35.5. The molecule has 14 heavy (non-hydrogen) atoms. The molecule has 0 amide bonds. The van der Waals surface area contributed by atoms with Crippen LogP contribution in [-0.4, -0.2) is 23.6 Å². The van der Waals surface area contributed by atoms with Crippen LogP contribution < -0.4 is 10.5 Å². The Morgan fingerprint density at radius 2 is 2.29 bits per heavy atom. The minimum Gasteiger partial charge on any atom is -0.358 e. The van der Waals surface area contributed by atoms with Crippen LogP contribution in [0.25, 0.3) is 0 Å². The number of hydrogen-bond donors (Lipinski definition) is 1. The van der Waals surface area contributed by atoms with E-state index in [9.17, 15) is 4.79 Å². The Labute approximate surface area is 87.9 Å². The van der Waals surface area contributed by atoms with E-state index in [1.807, 2.05) is 11.9 Å². The van der Waals surface area contributed by atoms with Gasteiger partial charge in [-0.15, -0.1) is 0 Å². The molecule has 1 N–H and O–H groups in total. The number of nitrogens with one attached hydrogen (secondary N) is 1. The van der Waals surface area contributed by atoms with E-state index in [1.54, 1.807) is 0 Å². The van der Waals surface area contributed by atoms with Gasteiger partial charge in [-0.3, -0.25) is 4.79 Å². The van der Waals surface area contributed by atoms with E-state index < -0.39 is 0 Å². The second kappa shape index (κ2) is 4.46. The van der Waals surface area contributed by atoms with Gasteiger partial charge in [-0.2, -0.15) is 0 Å². The van der Waals surface area contributed by atoms with E-state index in [0.29, 0.717) is 11.7 Å². The zero-order chi connectivity index (χ0) is 10.7. The number of hydrogen-bond acceptors (Lipinski definition) is 3. The number of nitrogens with zero attached hydrogens (tertiary/aromatic N) is 2. The Hall–Kier alpha value is -1.03. The van der Waals surface area contributed by atoms with Crippen LogP contribution >= 0.6 is 11.6 Å². The third-order valence-corrected chi connectivity index (χ3v) is 2.12. The summed E-state index contributed by atoms with van der Waals surface area (Å²) in [7, 11) is 1.87. The maximum Gasteiger partial charge on any atom is 0.271 e. The van der Waals surface area contributed by atoms with E-state index in [4.69, 9.17) is 11.6 Å². The lowest BCUT2D eigenvalue weighted by molar-refractivity contribution is 0.634. The SMILES string of the molecule is CC(C)CN(C)c1nc[nH]c(=O)c1Cl. The molecule has 0 radical (unpaired) electrons. The van der Waals surface area contributed by atoms with E-state index >= 15 is 0 Å². The van der Waals surface area contributed by atoms with Gasteiger partial charge in [-0.25, -0.2) is 4.98 Å². The van der Waals surface area contributed by atoms with Gasteiger partial charge in [0.25, 0.3) is 5.56 Å². The number of aromatic amines is 1. The van der Waals surface area contributed by atoms with Crippen molar-refractivity contribution in [1.82, 2.24) is 9.97 Å². The van der Waals surface area contributed by atoms with Crippen molar-refractivity contribution in [3.63, 3.8) is 0 Å². The number of anilines is 1. The Bertz CT molecular complexity index is 361. The Morgan fingerprint density at radius 1 is 1.64 bits per heavy atom. The topological polar surface area (TPSA) is 49.0 Å². The molecule has 78 valence electrons. The lowest BCUT2D eigenvalue weighted by Gasteiger charge is -2.20. The fourth-order valence-corrected chi connectivity index (χ4v) is 1.52. The van der Waals surface area contributed by atoms with Crippen LogP contribution in [0.3, 0.4) is 0 Å². The van der Waals surface area contributed by atoms with Crippen LogP contribution in [0.4, 0.5) is 5.82 Å². The molecule has 0 aliphatic carbocycles. The van der Waals surface area contributed by atoms with E-state index in [-0.39, 0.29) is 10.6 Å². The van der Waals surface area contributed by atoms with Crippen molar-refractivity contribution in [1.29, 1.82) is 0 Å². The van der Waals surface area contributed by atoms with Crippen molar-refractivity contribution in [3.05, 3.63) is 21.7 Å². The average molecular weight is 216 g/mol. The summed E-state index contributed by atoms with van der Waals surface area (Å²) in [5.41, 5.74) is -0.299. The highest BCUT2D eigenvalue weighted by Gasteiger charge is 2.11. The van der Waals surface area contributed by atoms with E-state index in [2.05, 4.69) is 23.8 Å². The van der Waals surface area contributed by atoms with Crippen LogP contribution in [0, 0.1) is 5.92 Å². The molecule has 5 heteroatoms. The van der Waals surface area contributed by atoms with Crippen molar-refractivity contribution in [2.45, 2.75) is 13.8 Å². The summed E-state index contributed by atoms with van der Waals surface area (Å²) in [6, 6.07) is 0. The van der Waals surface area contributed by atoms with Gasteiger partial charge < -0.3 is 9.88 Å². The van der Waals surface area contributed by atoms with Gasteiger partial charge in [-0.05, 0) is 5.92 Å². The predicted molar refractivity (Wildman–Crippen MR) is 58.0 cm³/mol. The molecule has 0 saturated heterocycles. The standard InChI is InChI=1S/C9H14ClN3O/c1-6(2)4-13(3)8-7(10)9(14)12-5-11-8/h5-6H,4H2,1-3H3,(H,11,12,14). The van der Waals surface area contributed by atoms with E-state index in [1.165, 1.54) is 6.33 Å². The van der Waals surface area contributed by atoms with Gasteiger partial charge >= 0.3 is 0 Å². The van der Waals surface area contributed by atoms with E-state index in [0.717, 1.165) is 6.54 Å². The molecule has 0 bridgehead atoms. The molecule has 1 aromatic heterocycles. The van der Waals surface area contributed by atoms with Crippen LogP contribution in [0.5, 0.6) is 0 Å². The number of rotatable bonds is 3. The molecule has 1 aromatic rings. The number of H-pyrrole nitrogens is 1. The second-order valence-electron chi connectivity index (χ2n) is 3.64. The Balaban J connectivity index is 2.95. The Kier molecular flexibility index (Phi) is 3.52. The zero-order valence-electron chi connectivity index (χ0n) is 8.54. The molecule has 1 heterocycles. The predicted octanol–water partition coefficient (Wildman–Crippen LogP) is 1.52. The first-order chi connectivity index (χ1) is 6.52. The molecule has 0 unspecified atom stereocenters. The normalized spacial score (nSPS) is 10.6. The molecule has 0 atom stereocenters. The van der Waals surface area contributed by atoms with Crippen LogP contribution in [0.2, 0.25) is 5.02 Å². The summed E-state index contributed by atoms with van der Waals surface area (Å²) >= 11 is 5.82. The molecule has 0 saturated carbocycles. The highest BCUT2D eigenvalue weighted by molar-refractivity contribution is 6.32. The monoisotopic (exact) mass is 215 g/mol. The molecular formula is C9H14ClN3O. The van der Waals surface area contributed by atoms with Gasteiger partial charge in [0.05, 0.1) is 6.33 Å². The van der Waals surface area contributed by atoms with Gasteiger partial charge in [0.15, 0.2) is 5.82 Å². The summed E-state index contributed by atoms with van der Waals surface area (Å²) in [6.07, 6.45) is 1.36. The van der Waals surface area contributed by atoms with Gasteiger partial charge in [0, 0.05) is 13.6 Å². The molecule has 0 spiro atoms. The molecule has 4 nitrogen and oxygen atoms in total. The highest BCUT2D eigenvalue weighted by Crippen LogP contribution is 2.17. The first-order valence-corrected chi connectivity index (χ1v) is 4.84. The summed E-state index contributed by atoms with van der Waals surface area (Å²) in [5, 5.41) is 0.149. The second-order valence-corrected chi connectivity index (χ2v) is 4.02. The Morgan fingerprint density at radius 3 is 2.86 bits per heavy atom. The van der Waals surface area contributed by atoms with Crippen molar-refractivity contribution >= 4 is 17.4 Å². The zero-order valence-corrected chi connectivity index (χ0v) is 9.30. The molecule has 0 aromatic carbocycles. The van der Waals surface area contributed by atoms with Crippen LogP contribution in [-0.2, 0) is 0 Å². The largest absolute Gasteiger partial charge is 0.358 e. The summed E-state index contributed by atoms with van der Waals surface area (Å²) in [4.78, 5) is 19.5. The fraction of sp³-hybridized carbons (Fsp3) is 0.556. The van der Waals surface area contributed by atoms with Crippen molar-refractivity contribution in [2.75, 3.05) is 18.5 Å². The third-order valence-electron chi connectivity index (χ3n) is 1.78. The molecule has 0 aliphatic rings. The lowest BCUT2D eigenvalue weighted by atomic mass is 10.2. The summed E-state index contributed by atoms with van der Waals surface area (Å²) in [6.45, 7) is 5.01. The minimum atomic E-state index is -0.299. The van der Waals surface area contributed by atoms with Crippen molar-refractivity contribution in [3.8, 4) is 0 Å². The summed E-state index contributed by atoms with van der Waals surface area (Å²) < 4.78 is 0. The first-order valence-electron chi connectivity index (χ1n) is 4.46. The van der Waals surface area contributed by atoms with Crippen molar-refractivity contribution < 1.29 is 0 Å². The summed E-state index contributed by atoms with van der Waals surface area (Å²) in [5.74, 6) is 1.03. The smallest absolute Gasteiger partial charge is 0.271 e. The lowest BCUT2D eigenvalue weighted by Crippen LogP contribution is -2.26. The third kappa shape index (κ3) is 2.48.